The molecule has 1 saturated carbocycles. The molecule has 1 N–H and O–H groups in total. The van der Waals surface area contributed by atoms with Gasteiger partial charge in [0.1, 0.15) is 0 Å². The lowest BCUT2D eigenvalue weighted by Crippen LogP contribution is -2.37. The summed E-state index contributed by atoms with van der Waals surface area (Å²) in [5, 5.41) is 11.5. The molecule has 0 aliphatic heterocycles. The van der Waals surface area contributed by atoms with Gasteiger partial charge in [0.05, 0.1) is 11.5 Å². The summed E-state index contributed by atoms with van der Waals surface area (Å²) in [6, 6.07) is 13.6. The molecular formula is C18H17BrN4O. The number of carbonyl (C=O) groups is 1. The lowest BCUT2D eigenvalue weighted by atomic mass is 9.95. The van der Waals surface area contributed by atoms with Crippen LogP contribution < -0.4 is 5.32 Å². The zero-order valence-corrected chi connectivity index (χ0v) is 14.8. The van der Waals surface area contributed by atoms with E-state index in [2.05, 4.69) is 31.4 Å². The van der Waals surface area contributed by atoms with Gasteiger partial charge in [0.25, 0.3) is 0 Å². The Morgan fingerprint density at radius 3 is 2.67 bits per heavy atom. The third-order valence-corrected chi connectivity index (χ3v) is 5.19. The SMILES string of the molecule is CC(NC(=O)C1(c2ccc(Br)cc2)CC1)c1nnc2ccccn12. The van der Waals surface area contributed by atoms with Crippen molar-refractivity contribution in [2.24, 2.45) is 0 Å². The smallest absolute Gasteiger partial charge is 0.231 e. The normalized spacial score (nSPS) is 16.8. The molecule has 2 aromatic heterocycles. The molecule has 5 nitrogen and oxygen atoms in total. The number of nitrogens with one attached hydrogen (secondary N) is 1. The van der Waals surface area contributed by atoms with E-state index in [0.717, 1.165) is 34.3 Å². The monoisotopic (exact) mass is 384 g/mol. The molecular weight excluding hydrogens is 368 g/mol. The first-order valence-electron chi connectivity index (χ1n) is 7.97. The lowest BCUT2D eigenvalue weighted by Gasteiger charge is -2.19. The summed E-state index contributed by atoms with van der Waals surface area (Å²) in [5.41, 5.74) is 1.46. The predicted octanol–water partition coefficient (Wildman–Crippen LogP) is 3.40. The number of benzene rings is 1. The largest absolute Gasteiger partial charge is 0.346 e. The second-order valence-corrected chi connectivity index (χ2v) is 7.19. The topological polar surface area (TPSA) is 59.3 Å². The molecule has 0 spiro atoms. The molecule has 1 atom stereocenters. The third kappa shape index (κ3) is 2.51. The Hall–Kier alpha value is -2.21. The van der Waals surface area contributed by atoms with Gasteiger partial charge < -0.3 is 5.32 Å². The van der Waals surface area contributed by atoms with Gasteiger partial charge in [-0.2, -0.15) is 0 Å². The fourth-order valence-corrected chi connectivity index (χ4v) is 3.36. The molecule has 1 aromatic carbocycles. The standard InChI is InChI=1S/C18H17BrN4O/c1-12(16-22-21-15-4-2-3-11-23(15)16)20-17(24)18(9-10-18)13-5-7-14(19)8-6-13/h2-8,11-12H,9-10H2,1H3,(H,20,24). The molecule has 1 amide bonds. The maximum atomic E-state index is 12.9. The molecule has 1 aliphatic carbocycles. The number of rotatable bonds is 4. The minimum Gasteiger partial charge on any atom is -0.346 e. The Morgan fingerprint density at radius 2 is 1.96 bits per heavy atom. The van der Waals surface area contributed by atoms with E-state index in [1.807, 2.05) is 60.0 Å². The Balaban J connectivity index is 1.56. The van der Waals surface area contributed by atoms with Gasteiger partial charge in [-0.15, -0.1) is 10.2 Å². The molecule has 2 heterocycles. The van der Waals surface area contributed by atoms with Crippen molar-refractivity contribution in [3.05, 3.63) is 64.5 Å². The lowest BCUT2D eigenvalue weighted by molar-refractivity contribution is -0.124. The Bertz CT molecular complexity index is 899. The van der Waals surface area contributed by atoms with E-state index in [4.69, 9.17) is 0 Å². The number of hydrogen-bond acceptors (Lipinski definition) is 3. The van der Waals surface area contributed by atoms with Crippen LogP contribution in [0.25, 0.3) is 5.65 Å². The quantitative estimate of drug-likeness (QED) is 0.749. The van der Waals surface area contributed by atoms with Gasteiger partial charge in [-0.25, -0.2) is 0 Å². The summed E-state index contributed by atoms with van der Waals surface area (Å²) >= 11 is 3.44. The summed E-state index contributed by atoms with van der Waals surface area (Å²) in [6.07, 6.45) is 3.68. The molecule has 122 valence electrons. The minimum absolute atomic E-state index is 0.0602. The number of nitrogens with zero attached hydrogens (tertiary/aromatic N) is 3. The summed E-state index contributed by atoms with van der Waals surface area (Å²) in [5.74, 6) is 0.801. The molecule has 0 bridgehead atoms. The fraction of sp³-hybridized carbons (Fsp3) is 0.278. The minimum atomic E-state index is -0.393. The van der Waals surface area contributed by atoms with Crippen LogP contribution in [0.15, 0.2) is 53.1 Å². The molecule has 6 heteroatoms. The Labute approximate surface area is 148 Å². The number of pyridine rings is 1. The molecule has 24 heavy (non-hydrogen) atoms. The van der Waals surface area contributed by atoms with Crippen molar-refractivity contribution in [3.8, 4) is 0 Å². The highest BCUT2D eigenvalue weighted by Crippen LogP contribution is 2.48. The highest BCUT2D eigenvalue weighted by Gasteiger charge is 2.51. The number of halogens is 1. The molecule has 0 saturated heterocycles. The summed E-state index contributed by atoms with van der Waals surface area (Å²) < 4.78 is 2.93. The van der Waals surface area contributed by atoms with Gasteiger partial charge in [0.2, 0.25) is 5.91 Å². The van der Waals surface area contributed by atoms with Crippen LogP contribution in [0, 0.1) is 0 Å². The zero-order chi connectivity index (χ0) is 16.7. The Morgan fingerprint density at radius 1 is 1.21 bits per heavy atom. The van der Waals surface area contributed by atoms with Crippen molar-refractivity contribution < 1.29 is 4.79 Å². The van der Waals surface area contributed by atoms with E-state index in [-0.39, 0.29) is 11.9 Å². The number of fused-ring (bicyclic) bond motifs is 1. The molecule has 3 aromatic rings. The average Bonchev–Trinajstić information content (AvgIpc) is 3.28. The van der Waals surface area contributed by atoms with E-state index in [0.29, 0.717) is 0 Å². The van der Waals surface area contributed by atoms with Gasteiger partial charge in [0, 0.05) is 10.7 Å². The molecule has 1 unspecified atom stereocenters. The number of amides is 1. The van der Waals surface area contributed by atoms with Gasteiger partial charge in [-0.05, 0) is 49.6 Å². The van der Waals surface area contributed by atoms with Crippen LogP contribution in [0.4, 0.5) is 0 Å². The van der Waals surface area contributed by atoms with Crippen LogP contribution in [-0.4, -0.2) is 20.5 Å². The van der Waals surface area contributed by atoms with Crippen LogP contribution in [0.5, 0.6) is 0 Å². The Kier molecular flexibility index (Phi) is 3.64. The number of aromatic nitrogens is 3. The van der Waals surface area contributed by atoms with Crippen molar-refractivity contribution >= 4 is 27.5 Å². The molecule has 1 fully saturated rings. The van der Waals surface area contributed by atoms with Crippen molar-refractivity contribution in [3.63, 3.8) is 0 Å². The maximum Gasteiger partial charge on any atom is 0.231 e. The number of hydrogen-bond donors (Lipinski definition) is 1. The van der Waals surface area contributed by atoms with Gasteiger partial charge in [0.15, 0.2) is 11.5 Å². The summed E-state index contributed by atoms with van der Waals surface area (Å²) in [6.45, 7) is 1.94. The highest BCUT2D eigenvalue weighted by molar-refractivity contribution is 9.10. The summed E-state index contributed by atoms with van der Waals surface area (Å²) in [7, 11) is 0. The van der Waals surface area contributed by atoms with Crippen LogP contribution in [-0.2, 0) is 10.2 Å². The van der Waals surface area contributed by atoms with Crippen molar-refractivity contribution in [2.75, 3.05) is 0 Å². The van der Waals surface area contributed by atoms with Crippen LogP contribution in [0.1, 0.15) is 37.2 Å². The molecule has 1 aliphatic rings. The fourth-order valence-electron chi connectivity index (χ4n) is 3.10. The highest BCUT2D eigenvalue weighted by atomic mass is 79.9. The first-order valence-corrected chi connectivity index (χ1v) is 8.76. The van der Waals surface area contributed by atoms with Gasteiger partial charge in [-0.1, -0.05) is 34.1 Å². The van der Waals surface area contributed by atoms with Crippen molar-refractivity contribution in [1.82, 2.24) is 19.9 Å². The predicted molar refractivity (Wildman–Crippen MR) is 94.6 cm³/mol. The van der Waals surface area contributed by atoms with Crippen LogP contribution in [0.2, 0.25) is 0 Å². The first-order chi connectivity index (χ1) is 11.6. The third-order valence-electron chi connectivity index (χ3n) is 4.66. The van der Waals surface area contributed by atoms with Gasteiger partial charge in [-0.3, -0.25) is 9.20 Å². The van der Waals surface area contributed by atoms with Crippen molar-refractivity contribution in [2.45, 2.75) is 31.2 Å². The second-order valence-electron chi connectivity index (χ2n) is 6.27. The van der Waals surface area contributed by atoms with Gasteiger partial charge >= 0.3 is 0 Å². The maximum absolute atomic E-state index is 12.9. The number of carbonyl (C=O) groups excluding carboxylic acids is 1. The van der Waals surface area contributed by atoms with Crippen LogP contribution >= 0.6 is 15.9 Å². The van der Waals surface area contributed by atoms with E-state index >= 15 is 0 Å². The van der Waals surface area contributed by atoms with E-state index in [1.54, 1.807) is 0 Å². The second kappa shape index (κ2) is 5.70. The zero-order valence-electron chi connectivity index (χ0n) is 13.2. The van der Waals surface area contributed by atoms with Crippen LogP contribution in [0.3, 0.4) is 0 Å². The van der Waals surface area contributed by atoms with E-state index in [1.165, 1.54) is 0 Å². The van der Waals surface area contributed by atoms with E-state index < -0.39 is 5.41 Å². The first kappa shape index (κ1) is 15.3. The van der Waals surface area contributed by atoms with E-state index in [9.17, 15) is 4.79 Å². The average molecular weight is 385 g/mol. The molecule has 4 rings (SSSR count). The summed E-state index contributed by atoms with van der Waals surface area (Å²) in [4.78, 5) is 12.9. The van der Waals surface area contributed by atoms with Crippen molar-refractivity contribution in [1.29, 1.82) is 0 Å². The molecule has 0 radical (unpaired) electrons.